The first-order valence-corrected chi connectivity index (χ1v) is 4.91. The summed E-state index contributed by atoms with van der Waals surface area (Å²) in [6.07, 6.45) is 0.967. The van der Waals surface area contributed by atoms with Crippen molar-refractivity contribution in [1.82, 2.24) is 5.06 Å². The van der Waals surface area contributed by atoms with Crippen LogP contribution in [0.25, 0.3) is 0 Å². The quantitative estimate of drug-likeness (QED) is 0.696. The number of thiophene rings is 1. The number of amides is 1. The van der Waals surface area contributed by atoms with E-state index >= 15 is 0 Å². The lowest BCUT2D eigenvalue weighted by Crippen LogP contribution is -2.24. The highest BCUT2D eigenvalue weighted by Crippen LogP contribution is 2.18. The van der Waals surface area contributed by atoms with E-state index in [2.05, 4.69) is 6.92 Å². The molecule has 0 bridgehead atoms. The molecule has 1 heterocycles. The van der Waals surface area contributed by atoms with Gasteiger partial charge in [-0.1, -0.05) is 6.92 Å². The van der Waals surface area contributed by atoms with E-state index < -0.39 is 0 Å². The van der Waals surface area contributed by atoms with E-state index in [9.17, 15) is 4.79 Å². The largest absolute Gasteiger partial charge is 0.287 e. The molecule has 0 radical (unpaired) electrons. The van der Waals surface area contributed by atoms with Gasteiger partial charge in [0.1, 0.15) is 0 Å². The summed E-state index contributed by atoms with van der Waals surface area (Å²) in [4.78, 5) is 18.3. The second kappa shape index (κ2) is 4.39. The molecule has 0 spiro atoms. The van der Waals surface area contributed by atoms with Crippen molar-refractivity contribution in [2.45, 2.75) is 13.3 Å². The van der Waals surface area contributed by atoms with Gasteiger partial charge in [0.05, 0.1) is 12.0 Å². The van der Waals surface area contributed by atoms with Crippen molar-refractivity contribution in [2.24, 2.45) is 0 Å². The molecule has 13 heavy (non-hydrogen) atoms. The van der Waals surface area contributed by atoms with Gasteiger partial charge in [-0.15, -0.1) is 11.3 Å². The number of nitrogens with zero attached hydrogens (tertiary/aromatic N) is 1. The van der Waals surface area contributed by atoms with Crippen molar-refractivity contribution in [2.75, 3.05) is 14.2 Å². The maximum Gasteiger partial charge on any atom is 0.287 e. The summed E-state index contributed by atoms with van der Waals surface area (Å²) in [6.45, 7) is 2.07. The van der Waals surface area contributed by atoms with Crippen LogP contribution >= 0.6 is 11.3 Å². The van der Waals surface area contributed by atoms with Crippen LogP contribution in [-0.2, 0) is 11.3 Å². The fraction of sp³-hybridized carbons (Fsp3) is 0.444. The van der Waals surface area contributed by atoms with Crippen LogP contribution in [-0.4, -0.2) is 25.1 Å². The zero-order valence-electron chi connectivity index (χ0n) is 8.03. The van der Waals surface area contributed by atoms with E-state index in [0.717, 1.165) is 11.3 Å². The molecule has 0 unspecified atom stereocenters. The third kappa shape index (κ3) is 2.29. The molecule has 4 heteroatoms. The fourth-order valence-electron chi connectivity index (χ4n) is 0.921. The second-order valence-corrected chi connectivity index (χ2v) is 3.77. The molecule has 0 saturated carbocycles. The van der Waals surface area contributed by atoms with Crippen LogP contribution < -0.4 is 0 Å². The normalized spacial score (nSPS) is 10.1. The summed E-state index contributed by atoms with van der Waals surface area (Å²) in [5.74, 6) is -0.0906. The van der Waals surface area contributed by atoms with Crippen LogP contribution in [0.3, 0.4) is 0 Å². The molecule has 0 aliphatic heterocycles. The van der Waals surface area contributed by atoms with Gasteiger partial charge in [0.25, 0.3) is 5.91 Å². The molecule has 0 aromatic carbocycles. The molecule has 1 aromatic heterocycles. The lowest BCUT2D eigenvalue weighted by atomic mass is 10.3. The highest BCUT2D eigenvalue weighted by atomic mass is 32.1. The summed E-state index contributed by atoms with van der Waals surface area (Å²) in [6, 6.07) is 3.81. The van der Waals surface area contributed by atoms with Crippen LogP contribution in [0.4, 0.5) is 0 Å². The maximum atomic E-state index is 11.5. The van der Waals surface area contributed by atoms with Gasteiger partial charge in [0.15, 0.2) is 0 Å². The highest BCUT2D eigenvalue weighted by molar-refractivity contribution is 7.14. The van der Waals surface area contributed by atoms with Crippen molar-refractivity contribution in [1.29, 1.82) is 0 Å². The Morgan fingerprint density at radius 3 is 2.77 bits per heavy atom. The summed E-state index contributed by atoms with van der Waals surface area (Å²) >= 11 is 1.51. The Morgan fingerprint density at radius 1 is 1.62 bits per heavy atom. The zero-order valence-corrected chi connectivity index (χ0v) is 8.85. The van der Waals surface area contributed by atoms with Gasteiger partial charge in [-0.3, -0.25) is 9.63 Å². The van der Waals surface area contributed by atoms with E-state index in [-0.39, 0.29) is 5.91 Å². The summed E-state index contributed by atoms with van der Waals surface area (Å²) in [5.41, 5.74) is 0. The SMILES string of the molecule is CCc1ccc(C(=O)N(C)OC)s1. The minimum Gasteiger partial charge on any atom is -0.274 e. The molecule has 3 nitrogen and oxygen atoms in total. The predicted molar refractivity (Wildman–Crippen MR) is 52.8 cm³/mol. The van der Waals surface area contributed by atoms with Crippen molar-refractivity contribution < 1.29 is 9.63 Å². The van der Waals surface area contributed by atoms with Gasteiger partial charge in [0, 0.05) is 11.9 Å². The molecule has 0 aliphatic carbocycles. The number of carbonyl (C=O) groups excluding carboxylic acids is 1. The molecular formula is C9H13NO2S. The van der Waals surface area contributed by atoms with Crippen molar-refractivity contribution in [3.63, 3.8) is 0 Å². The third-order valence-electron chi connectivity index (χ3n) is 1.78. The number of hydrogen-bond donors (Lipinski definition) is 0. The van der Waals surface area contributed by atoms with E-state index in [4.69, 9.17) is 4.84 Å². The van der Waals surface area contributed by atoms with Gasteiger partial charge in [-0.25, -0.2) is 5.06 Å². The average Bonchev–Trinajstić information content (AvgIpc) is 2.63. The minimum absolute atomic E-state index is 0.0906. The van der Waals surface area contributed by atoms with Gasteiger partial charge in [-0.05, 0) is 18.6 Å². The Kier molecular flexibility index (Phi) is 3.45. The van der Waals surface area contributed by atoms with E-state index in [1.807, 2.05) is 12.1 Å². The number of rotatable bonds is 3. The first-order chi connectivity index (χ1) is 6.19. The first kappa shape index (κ1) is 10.2. The molecule has 0 N–H and O–H groups in total. The standard InChI is InChI=1S/C9H13NO2S/c1-4-7-5-6-8(13-7)9(11)10(2)12-3/h5-6H,4H2,1-3H3. The number of hydrogen-bond acceptors (Lipinski definition) is 3. The molecule has 0 fully saturated rings. The average molecular weight is 199 g/mol. The Bertz CT molecular complexity index is 296. The third-order valence-corrected chi connectivity index (χ3v) is 3.00. The van der Waals surface area contributed by atoms with Crippen molar-refractivity contribution in [3.8, 4) is 0 Å². The van der Waals surface area contributed by atoms with Gasteiger partial charge < -0.3 is 0 Å². The molecule has 0 atom stereocenters. The van der Waals surface area contributed by atoms with Gasteiger partial charge >= 0.3 is 0 Å². The van der Waals surface area contributed by atoms with Crippen molar-refractivity contribution in [3.05, 3.63) is 21.9 Å². The Labute approximate surface area is 81.9 Å². The van der Waals surface area contributed by atoms with Crippen LogP contribution in [0.2, 0.25) is 0 Å². The molecule has 0 aliphatic rings. The highest BCUT2D eigenvalue weighted by Gasteiger charge is 2.12. The second-order valence-electron chi connectivity index (χ2n) is 2.60. The van der Waals surface area contributed by atoms with Gasteiger partial charge in [-0.2, -0.15) is 0 Å². The Balaban J connectivity index is 2.77. The zero-order chi connectivity index (χ0) is 9.84. The Hall–Kier alpha value is -0.870. The molecular weight excluding hydrogens is 186 g/mol. The number of hydroxylamine groups is 2. The van der Waals surface area contributed by atoms with E-state index in [0.29, 0.717) is 0 Å². The smallest absolute Gasteiger partial charge is 0.274 e. The van der Waals surface area contributed by atoms with Crippen LogP contribution in [0.1, 0.15) is 21.5 Å². The minimum atomic E-state index is -0.0906. The lowest BCUT2D eigenvalue weighted by Gasteiger charge is -2.11. The van der Waals surface area contributed by atoms with E-state index in [1.165, 1.54) is 28.4 Å². The lowest BCUT2D eigenvalue weighted by molar-refractivity contribution is -0.0753. The number of carbonyl (C=O) groups is 1. The molecule has 1 aromatic rings. The molecule has 1 rings (SSSR count). The van der Waals surface area contributed by atoms with E-state index in [1.54, 1.807) is 7.05 Å². The van der Waals surface area contributed by atoms with Crippen LogP contribution in [0.5, 0.6) is 0 Å². The van der Waals surface area contributed by atoms with Crippen LogP contribution in [0, 0.1) is 0 Å². The topological polar surface area (TPSA) is 29.5 Å². The number of aryl methyl sites for hydroxylation is 1. The summed E-state index contributed by atoms with van der Waals surface area (Å²) in [5, 5.41) is 1.23. The Morgan fingerprint density at radius 2 is 2.31 bits per heavy atom. The molecule has 72 valence electrons. The molecule has 0 saturated heterocycles. The molecule has 1 amide bonds. The predicted octanol–water partition coefficient (Wildman–Crippen LogP) is 1.94. The maximum absolute atomic E-state index is 11.5. The summed E-state index contributed by atoms with van der Waals surface area (Å²) in [7, 11) is 3.08. The van der Waals surface area contributed by atoms with Gasteiger partial charge in [0.2, 0.25) is 0 Å². The van der Waals surface area contributed by atoms with Crippen LogP contribution in [0.15, 0.2) is 12.1 Å². The first-order valence-electron chi connectivity index (χ1n) is 4.10. The monoisotopic (exact) mass is 199 g/mol. The summed E-state index contributed by atoms with van der Waals surface area (Å²) < 4.78 is 0. The van der Waals surface area contributed by atoms with Crippen molar-refractivity contribution >= 4 is 17.2 Å². The fourth-order valence-corrected chi connectivity index (χ4v) is 1.84.